The van der Waals surface area contributed by atoms with Crippen LogP contribution in [0.15, 0.2) is 36.7 Å². The second kappa shape index (κ2) is 6.38. The molecule has 2 aromatic rings. The van der Waals surface area contributed by atoms with Gasteiger partial charge in [0.15, 0.2) is 0 Å². The van der Waals surface area contributed by atoms with E-state index in [0.717, 1.165) is 31.7 Å². The Balaban J connectivity index is 1.87. The summed E-state index contributed by atoms with van der Waals surface area (Å²) in [5.74, 6) is 0. The number of hydrogen-bond acceptors (Lipinski definition) is 3. The molecule has 0 aliphatic rings. The number of nitrogen functional groups attached to an aromatic ring is 1. The molecule has 19 heavy (non-hydrogen) atoms. The van der Waals surface area contributed by atoms with Gasteiger partial charge in [-0.2, -0.15) is 5.10 Å². The molecule has 0 fully saturated rings. The largest absolute Gasteiger partial charge is 0.399 e. The molecule has 0 bridgehead atoms. The Hall–Kier alpha value is -1.81. The standard InChI is InChI=1S/C15H22N4/c1-3-19(9-8-14-10-17-18(2)11-14)12-13-4-6-15(16)7-5-13/h4-7,10-11H,3,8-9,12,16H2,1-2H3. The Labute approximate surface area is 114 Å². The van der Waals surface area contributed by atoms with Gasteiger partial charge in [-0.05, 0) is 36.2 Å². The monoisotopic (exact) mass is 258 g/mol. The zero-order chi connectivity index (χ0) is 13.7. The number of nitrogens with zero attached hydrogens (tertiary/aromatic N) is 3. The predicted molar refractivity (Wildman–Crippen MR) is 78.7 cm³/mol. The molecule has 1 aromatic heterocycles. The van der Waals surface area contributed by atoms with E-state index in [-0.39, 0.29) is 0 Å². The number of anilines is 1. The highest BCUT2D eigenvalue weighted by atomic mass is 15.2. The van der Waals surface area contributed by atoms with E-state index in [1.165, 1.54) is 11.1 Å². The van der Waals surface area contributed by atoms with Gasteiger partial charge in [-0.3, -0.25) is 9.58 Å². The van der Waals surface area contributed by atoms with Crippen molar-refractivity contribution >= 4 is 5.69 Å². The van der Waals surface area contributed by atoms with Crippen LogP contribution in [0.2, 0.25) is 0 Å². The lowest BCUT2D eigenvalue weighted by Crippen LogP contribution is -2.25. The molecule has 0 unspecified atom stereocenters. The normalized spacial score (nSPS) is 11.1. The number of aryl methyl sites for hydroxylation is 1. The molecule has 1 heterocycles. The van der Waals surface area contributed by atoms with Gasteiger partial charge in [-0.15, -0.1) is 0 Å². The van der Waals surface area contributed by atoms with Gasteiger partial charge >= 0.3 is 0 Å². The first-order valence-electron chi connectivity index (χ1n) is 6.71. The molecule has 0 radical (unpaired) electrons. The van der Waals surface area contributed by atoms with Crippen LogP contribution in [0.4, 0.5) is 5.69 Å². The van der Waals surface area contributed by atoms with E-state index in [0.29, 0.717) is 0 Å². The molecule has 102 valence electrons. The van der Waals surface area contributed by atoms with Gasteiger partial charge in [-0.1, -0.05) is 19.1 Å². The molecule has 0 atom stereocenters. The lowest BCUT2D eigenvalue weighted by molar-refractivity contribution is 0.283. The molecule has 0 saturated heterocycles. The van der Waals surface area contributed by atoms with Crippen molar-refractivity contribution in [2.24, 2.45) is 7.05 Å². The average Bonchev–Trinajstić information content (AvgIpc) is 2.82. The minimum Gasteiger partial charge on any atom is -0.399 e. The molecule has 0 aliphatic heterocycles. The topological polar surface area (TPSA) is 47.1 Å². The Bertz CT molecular complexity index is 501. The third kappa shape index (κ3) is 4.10. The van der Waals surface area contributed by atoms with Crippen molar-refractivity contribution in [3.63, 3.8) is 0 Å². The van der Waals surface area contributed by atoms with Crippen LogP contribution in [0, 0.1) is 0 Å². The summed E-state index contributed by atoms with van der Waals surface area (Å²) < 4.78 is 1.85. The van der Waals surface area contributed by atoms with E-state index in [2.05, 4.69) is 35.3 Å². The number of benzene rings is 1. The SMILES string of the molecule is CCN(CCc1cnn(C)c1)Cc1ccc(N)cc1. The molecule has 0 saturated carbocycles. The molecule has 0 aliphatic carbocycles. The van der Waals surface area contributed by atoms with E-state index in [9.17, 15) is 0 Å². The quantitative estimate of drug-likeness (QED) is 0.807. The van der Waals surface area contributed by atoms with Crippen LogP contribution in [-0.4, -0.2) is 27.8 Å². The fraction of sp³-hybridized carbons (Fsp3) is 0.400. The van der Waals surface area contributed by atoms with Crippen LogP contribution >= 0.6 is 0 Å². The Morgan fingerprint density at radius 2 is 1.95 bits per heavy atom. The summed E-state index contributed by atoms with van der Waals surface area (Å²) in [4.78, 5) is 2.43. The van der Waals surface area contributed by atoms with Crippen molar-refractivity contribution < 1.29 is 0 Å². The number of likely N-dealkylation sites (N-methyl/N-ethyl adjacent to an activating group) is 1. The second-order valence-corrected chi connectivity index (χ2v) is 4.88. The first kappa shape index (κ1) is 13.6. The van der Waals surface area contributed by atoms with Crippen molar-refractivity contribution in [1.29, 1.82) is 0 Å². The summed E-state index contributed by atoms with van der Waals surface area (Å²) in [5, 5.41) is 4.20. The lowest BCUT2D eigenvalue weighted by atomic mass is 10.2. The van der Waals surface area contributed by atoms with Gasteiger partial charge in [0.1, 0.15) is 0 Å². The zero-order valence-corrected chi connectivity index (χ0v) is 11.7. The highest BCUT2D eigenvalue weighted by Crippen LogP contribution is 2.09. The number of nitrogens with two attached hydrogens (primary N) is 1. The average molecular weight is 258 g/mol. The molecule has 4 nitrogen and oxygen atoms in total. The zero-order valence-electron chi connectivity index (χ0n) is 11.7. The van der Waals surface area contributed by atoms with E-state index in [1.807, 2.05) is 30.1 Å². The fourth-order valence-electron chi connectivity index (χ4n) is 2.12. The highest BCUT2D eigenvalue weighted by Gasteiger charge is 2.05. The van der Waals surface area contributed by atoms with Crippen molar-refractivity contribution in [2.45, 2.75) is 19.9 Å². The fourth-order valence-corrected chi connectivity index (χ4v) is 2.12. The molecule has 4 heteroatoms. The van der Waals surface area contributed by atoms with E-state index in [4.69, 9.17) is 5.73 Å². The van der Waals surface area contributed by atoms with E-state index in [1.54, 1.807) is 0 Å². The van der Waals surface area contributed by atoms with E-state index < -0.39 is 0 Å². The molecular weight excluding hydrogens is 236 g/mol. The van der Waals surface area contributed by atoms with Crippen LogP contribution in [0.25, 0.3) is 0 Å². The lowest BCUT2D eigenvalue weighted by Gasteiger charge is -2.20. The minimum absolute atomic E-state index is 0.821. The number of aromatic nitrogens is 2. The van der Waals surface area contributed by atoms with Gasteiger partial charge in [0.05, 0.1) is 6.20 Å². The summed E-state index contributed by atoms with van der Waals surface area (Å²) in [6.07, 6.45) is 5.06. The summed E-state index contributed by atoms with van der Waals surface area (Å²) in [6.45, 7) is 5.26. The van der Waals surface area contributed by atoms with Gasteiger partial charge < -0.3 is 5.73 Å². The van der Waals surface area contributed by atoms with Crippen molar-refractivity contribution in [3.8, 4) is 0 Å². The molecule has 1 aromatic carbocycles. The van der Waals surface area contributed by atoms with Gasteiger partial charge in [0, 0.05) is 32.0 Å². The third-order valence-corrected chi connectivity index (χ3v) is 3.31. The minimum atomic E-state index is 0.821. The van der Waals surface area contributed by atoms with Crippen LogP contribution in [-0.2, 0) is 20.0 Å². The van der Waals surface area contributed by atoms with Gasteiger partial charge in [0.25, 0.3) is 0 Å². The third-order valence-electron chi connectivity index (χ3n) is 3.31. The summed E-state index contributed by atoms with van der Waals surface area (Å²) in [5.41, 5.74) is 9.12. The van der Waals surface area contributed by atoms with Gasteiger partial charge in [0.2, 0.25) is 0 Å². The predicted octanol–water partition coefficient (Wildman–Crippen LogP) is 2.07. The molecule has 2 N–H and O–H groups in total. The number of hydrogen-bond donors (Lipinski definition) is 1. The van der Waals surface area contributed by atoms with E-state index >= 15 is 0 Å². The van der Waals surface area contributed by atoms with Crippen LogP contribution in [0.3, 0.4) is 0 Å². The second-order valence-electron chi connectivity index (χ2n) is 4.88. The molecule has 0 amide bonds. The summed E-state index contributed by atoms with van der Waals surface area (Å²) in [6, 6.07) is 8.12. The Morgan fingerprint density at radius 1 is 1.21 bits per heavy atom. The Kier molecular flexibility index (Phi) is 4.58. The first-order chi connectivity index (χ1) is 9.17. The van der Waals surface area contributed by atoms with Crippen LogP contribution in [0.5, 0.6) is 0 Å². The smallest absolute Gasteiger partial charge is 0.0522 e. The van der Waals surface area contributed by atoms with Crippen molar-refractivity contribution in [3.05, 3.63) is 47.8 Å². The van der Waals surface area contributed by atoms with Crippen LogP contribution < -0.4 is 5.73 Å². The maximum Gasteiger partial charge on any atom is 0.0522 e. The molecular formula is C15H22N4. The van der Waals surface area contributed by atoms with Gasteiger partial charge in [-0.25, -0.2) is 0 Å². The first-order valence-corrected chi connectivity index (χ1v) is 6.71. The van der Waals surface area contributed by atoms with Crippen molar-refractivity contribution in [2.75, 3.05) is 18.8 Å². The highest BCUT2D eigenvalue weighted by molar-refractivity contribution is 5.39. The summed E-state index contributed by atoms with van der Waals surface area (Å²) in [7, 11) is 1.95. The van der Waals surface area contributed by atoms with Crippen molar-refractivity contribution in [1.82, 2.24) is 14.7 Å². The van der Waals surface area contributed by atoms with Crippen LogP contribution in [0.1, 0.15) is 18.1 Å². The number of rotatable bonds is 6. The summed E-state index contributed by atoms with van der Waals surface area (Å²) >= 11 is 0. The molecule has 2 rings (SSSR count). The maximum atomic E-state index is 5.70. The maximum absolute atomic E-state index is 5.70. The molecule has 0 spiro atoms. The Morgan fingerprint density at radius 3 is 2.53 bits per heavy atom.